The molecule has 1 aromatic heterocycles. The summed E-state index contributed by atoms with van der Waals surface area (Å²) in [6, 6.07) is 1.91. The highest BCUT2D eigenvalue weighted by molar-refractivity contribution is 7.99. The Hall–Kier alpha value is -0.940. The first-order valence-corrected chi connectivity index (χ1v) is 6.96. The van der Waals surface area contributed by atoms with Crippen molar-refractivity contribution in [2.45, 2.75) is 12.5 Å². The highest BCUT2D eigenvalue weighted by Gasteiger charge is 2.19. The van der Waals surface area contributed by atoms with Crippen molar-refractivity contribution in [3.8, 4) is 0 Å². The Bertz CT molecular complexity index is 421. The lowest BCUT2D eigenvalue weighted by molar-refractivity contribution is 0.0941. The van der Waals surface area contributed by atoms with Gasteiger partial charge in [0.2, 0.25) is 0 Å². The van der Waals surface area contributed by atoms with Crippen molar-refractivity contribution in [2.24, 2.45) is 0 Å². The van der Waals surface area contributed by atoms with Gasteiger partial charge in [-0.3, -0.25) is 4.79 Å². The third-order valence-corrected chi connectivity index (χ3v) is 4.06. The molecule has 1 aromatic rings. The molecule has 1 fully saturated rings. The number of rotatable bonds is 3. The third-order valence-electron chi connectivity index (χ3n) is 2.61. The first kappa shape index (κ1) is 12.5. The second kappa shape index (κ2) is 5.60. The van der Waals surface area contributed by atoms with Gasteiger partial charge in [-0.2, -0.15) is 11.8 Å². The van der Waals surface area contributed by atoms with Crippen LogP contribution in [0.2, 0.25) is 5.02 Å². The van der Waals surface area contributed by atoms with Gasteiger partial charge >= 0.3 is 0 Å². The summed E-state index contributed by atoms with van der Waals surface area (Å²) in [6.45, 7) is 0. The van der Waals surface area contributed by atoms with E-state index in [2.05, 4.69) is 15.6 Å². The lowest BCUT2D eigenvalue weighted by atomic mass is 10.2. The summed E-state index contributed by atoms with van der Waals surface area (Å²) in [7, 11) is 1.74. The van der Waals surface area contributed by atoms with Crippen molar-refractivity contribution >= 4 is 35.1 Å². The number of carbonyl (C=O) groups excluding carboxylic acids is 1. The Morgan fingerprint density at radius 1 is 1.65 bits per heavy atom. The molecule has 0 aliphatic carbocycles. The molecule has 0 spiro atoms. The average molecular weight is 272 g/mol. The summed E-state index contributed by atoms with van der Waals surface area (Å²) in [4.78, 5) is 16.0. The fraction of sp³-hybridized carbons (Fsp3) is 0.455. The molecule has 1 unspecified atom stereocenters. The highest BCUT2D eigenvalue weighted by atomic mass is 35.5. The Morgan fingerprint density at radius 3 is 3.06 bits per heavy atom. The predicted molar refractivity (Wildman–Crippen MR) is 72.0 cm³/mol. The first-order chi connectivity index (χ1) is 8.20. The Labute approximate surface area is 110 Å². The second-order valence-electron chi connectivity index (χ2n) is 3.84. The quantitative estimate of drug-likeness (QED) is 0.883. The number of nitrogens with one attached hydrogen (secondary N) is 2. The number of hydrogen-bond acceptors (Lipinski definition) is 4. The van der Waals surface area contributed by atoms with Crippen LogP contribution in [-0.4, -0.2) is 35.5 Å². The van der Waals surface area contributed by atoms with E-state index in [9.17, 15) is 4.79 Å². The minimum Gasteiger partial charge on any atom is -0.372 e. The minimum absolute atomic E-state index is 0.102. The number of thioether (sulfide) groups is 1. The van der Waals surface area contributed by atoms with Crippen molar-refractivity contribution in [2.75, 3.05) is 23.9 Å². The normalized spacial score (nSPS) is 19.1. The molecule has 1 amide bonds. The Morgan fingerprint density at radius 2 is 2.47 bits per heavy atom. The van der Waals surface area contributed by atoms with Crippen LogP contribution in [0.1, 0.15) is 16.8 Å². The van der Waals surface area contributed by atoms with Crippen LogP contribution in [0.5, 0.6) is 0 Å². The van der Waals surface area contributed by atoms with Crippen molar-refractivity contribution in [1.29, 1.82) is 0 Å². The molecule has 2 heterocycles. The van der Waals surface area contributed by atoms with E-state index in [0.717, 1.165) is 17.9 Å². The van der Waals surface area contributed by atoms with Crippen LogP contribution >= 0.6 is 23.4 Å². The number of nitrogens with zero attached hydrogens (tertiary/aromatic N) is 1. The van der Waals surface area contributed by atoms with E-state index in [1.165, 1.54) is 6.20 Å². The number of hydrogen-bond donors (Lipinski definition) is 2. The van der Waals surface area contributed by atoms with Gasteiger partial charge in [0.25, 0.3) is 5.91 Å². The molecule has 1 aliphatic rings. The maximum absolute atomic E-state index is 11.9. The maximum atomic E-state index is 11.9. The van der Waals surface area contributed by atoms with E-state index >= 15 is 0 Å². The molecule has 1 atom stereocenters. The zero-order valence-corrected chi connectivity index (χ0v) is 11.1. The molecule has 1 aliphatic heterocycles. The standard InChI is InChI=1S/C11H14ClN3OS/c1-13-10-9(12)4-7(5-14-10)11(16)15-8-2-3-17-6-8/h4-5,8H,2-3,6H2,1H3,(H,13,14)(H,15,16). The number of halogens is 1. The van der Waals surface area contributed by atoms with Gasteiger partial charge in [-0.05, 0) is 18.2 Å². The molecule has 4 nitrogen and oxygen atoms in total. The fourth-order valence-corrected chi connectivity index (χ4v) is 3.08. The molecule has 0 radical (unpaired) electrons. The van der Waals surface area contributed by atoms with E-state index in [-0.39, 0.29) is 11.9 Å². The summed E-state index contributed by atoms with van der Waals surface area (Å²) in [5, 5.41) is 6.30. The van der Waals surface area contributed by atoms with Gasteiger partial charge in [0.15, 0.2) is 0 Å². The van der Waals surface area contributed by atoms with Crippen LogP contribution in [0.3, 0.4) is 0 Å². The monoisotopic (exact) mass is 271 g/mol. The highest BCUT2D eigenvalue weighted by Crippen LogP contribution is 2.20. The number of anilines is 1. The molecule has 17 heavy (non-hydrogen) atoms. The van der Waals surface area contributed by atoms with Gasteiger partial charge < -0.3 is 10.6 Å². The van der Waals surface area contributed by atoms with E-state index < -0.39 is 0 Å². The molecule has 1 saturated heterocycles. The summed E-state index contributed by atoms with van der Waals surface area (Å²) < 4.78 is 0. The van der Waals surface area contributed by atoms with Gasteiger partial charge in [0.1, 0.15) is 5.82 Å². The number of pyridine rings is 1. The van der Waals surface area contributed by atoms with E-state index in [1.807, 2.05) is 11.8 Å². The van der Waals surface area contributed by atoms with Crippen molar-refractivity contribution < 1.29 is 4.79 Å². The maximum Gasteiger partial charge on any atom is 0.253 e. The van der Waals surface area contributed by atoms with Crippen LogP contribution in [0.15, 0.2) is 12.3 Å². The van der Waals surface area contributed by atoms with Gasteiger partial charge in [0, 0.05) is 25.0 Å². The van der Waals surface area contributed by atoms with E-state index in [0.29, 0.717) is 16.4 Å². The van der Waals surface area contributed by atoms with Crippen LogP contribution in [0.25, 0.3) is 0 Å². The third kappa shape index (κ3) is 3.04. The van der Waals surface area contributed by atoms with Crippen LogP contribution in [0.4, 0.5) is 5.82 Å². The second-order valence-corrected chi connectivity index (χ2v) is 5.40. The summed E-state index contributed by atoms with van der Waals surface area (Å²) in [5.74, 6) is 2.58. The van der Waals surface area contributed by atoms with Crippen LogP contribution in [0, 0.1) is 0 Å². The first-order valence-electron chi connectivity index (χ1n) is 5.42. The predicted octanol–water partition coefficient (Wildman–Crippen LogP) is 2.01. The van der Waals surface area contributed by atoms with Crippen LogP contribution < -0.4 is 10.6 Å². The fourth-order valence-electron chi connectivity index (χ4n) is 1.66. The van der Waals surface area contributed by atoms with Gasteiger partial charge in [0.05, 0.1) is 10.6 Å². The topological polar surface area (TPSA) is 54.0 Å². The van der Waals surface area contributed by atoms with Gasteiger partial charge in [-0.1, -0.05) is 11.6 Å². The summed E-state index contributed by atoms with van der Waals surface area (Å²) in [6.07, 6.45) is 2.57. The molecule has 2 N–H and O–H groups in total. The lowest BCUT2D eigenvalue weighted by Crippen LogP contribution is -2.34. The SMILES string of the molecule is CNc1ncc(C(=O)NC2CCSC2)cc1Cl. The van der Waals surface area contributed by atoms with Crippen LogP contribution in [-0.2, 0) is 0 Å². The molecule has 2 rings (SSSR count). The lowest BCUT2D eigenvalue weighted by Gasteiger charge is -2.11. The summed E-state index contributed by atoms with van der Waals surface area (Å²) in [5.41, 5.74) is 0.505. The zero-order valence-electron chi connectivity index (χ0n) is 9.50. The molecular formula is C11H14ClN3OS. The minimum atomic E-state index is -0.102. The van der Waals surface area contributed by atoms with Gasteiger partial charge in [-0.15, -0.1) is 0 Å². The van der Waals surface area contributed by atoms with Gasteiger partial charge in [-0.25, -0.2) is 4.98 Å². The number of amides is 1. The molecular weight excluding hydrogens is 258 g/mol. The zero-order chi connectivity index (χ0) is 12.3. The average Bonchev–Trinajstić information content (AvgIpc) is 2.81. The largest absolute Gasteiger partial charge is 0.372 e. The molecule has 0 aromatic carbocycles. The molecule has 0 bridgehead atoms. The molecule has 6 heteroatoms. The van der Waals surface area contributed by atoms with Crippen molar-refractivity contribution in [1.82, 2.24) is 10.3 Å². The Balaban J connectivity index is 2.05. The number of carbonyl (C=O) groups is 1. The van der Waals surface area contributed by atoms with E-state index in [4.69, 9.17) is 11.6 Å². The number of aromatic nitrogens is 1. The van der Waals surface area contributed by atoms with E-state index in [1.54, 1.807) is 13.1 Å². The molecule has 0 saturated carbocycles. The Kier molecular flexibility index (Phi) is 4.12. The smallest absolute Gasteiger partial charge is 0.253 e. The van der Waals surface area contributed by atoms with Crippen molar-refractivity contribution in [3.63, 3.8) is 0 Å². The summed E-state index contributed by atoms with van der Waals surface area (Å²) >= 11 is 7.84. The molecule has 92 valence electrons. The van der Waals surface area contributed by atoms with Crippen molar-refractivity contribution in [3.05, 3.63) is 22.8 Å².